The highest BCUT2D eigenvalue weighted by Crippen LogP contribution is 2.38. The molecule has 0 aliphatic carbocycles. The number of ether oxygens (including phenoxy) is 1. The smallest absolute Gasteiger partial charge is 0.343 e. The van der Waals surface area contributed by atoms with Gasteiger partial charge in [0.2, 0.25) is 5.82 Å². The molecule has 1 atom stereocenters. The highest BCUT2D eigenvalue weighted by Gasteiger charge is 2.25. The summed E-state index contributed by atoms with van der Waals surface area (Å²) in [6, 6.07) is 9.54. The average molecular weight is 383 g/mol. The molecule has 27 heavy (non-hydrogen) atoms. The van der Waals surface area contributed by atoms with Gasteiger partial charge in [0, 0.05) is 29.6 Å². The molecule has 9 heteroatoms. The molecule has 1 saturated heterocycles. The third-order valence-corrected chi connectivity index (χ3v) is 5.34. The zero-order valence-electron chi connectivity index (χ0n) is 14.4. The predicted molar refractivity (Wildman–Crippen MR) is 102 cm³/mol. The largest absolute Gasteiger partial charge is 0.376 e. The zero-order valence-corrected chi connectivity index (χ0v) is 15.2. The Morgan fingerprint density at radius 3 is 2.96 bits per heavy atom. The Labute approximate surface area is 159 Å². The number of benzene rings is 1. The fraction of sp³-hybridized carbons (Fsp3) is 0.278. The highest BCUT2D eigenvalue weighted by molar-refractivity contribution is 7.99. The zero-order chi connectivity index (χ0) is 18.6. The summed E-state index contributed by atoms with van der Waals surface area (Å²) in [5, 5.41) is 16.0. The summed E-state index contributed by atoms with van der Waals surface area (Å²) in [7, 11) is 0. The van der Waals surface area contributed by atoms with Gasteiger partial charge < -0.3 is 10.1 Å². The maximum atomic E-state index is 11.7. The average Bonchev–Trinajstić information content (AvgIpc) is 3.20. The first-order chi connectivity index (χ1) is 13.2. The molecule has 0 amide bonds. The summed E-state index contributed by atoms with van der Waals surface area (Å²) in [5.41, 5.74) is 0.653. The first-order valence-corrected chi connectivity index (χ1v) is 9.40. The maximum Gasteiger partial charge on any atom is 0.343 e. The third-order valence-electron chi connectivity index (χ3n) is 4.29. The van der Waals surface area contributed by atoms with Gasteiger partial charge in [0.25, 0.3) is 0 Å². The lowest BCUT2D eigenvalue weighted by Gasteiger charge is -2.12. The molecular formula is C18H17N5O3S. The minimum absolute atomic E-state index is 0.0536. The number of nitrogens with one attached hydrogen (secondary N) is 1. The van der Waals surface area contributed by atoms with Crippen LogP contribution in [0.3, 0.4) is 0 Å². The van der Waals surface area contributed by atoms with Crippen molar-refractivity contribution in [2.24, 2.45) is 0 Å². The van der Waals surface area contributed by atoms with Crippen molar-refractivity contribution in [3.63, 3.8) is 0 Å². The van der Waals surface area contributed by atoms with Crippen molar-refractivity contribution in [1.29, 1.82) is 0 Å². The van der Waals surface area contributed by atoms with Gasteiger partial charge >= 0.3 is 5.69 Å². The van der Waals surface area contributed by atoms with Crippen LogP contribution >= 0.6 is 11.8 Å². The van der Waals surface area contributed by atoms with Gasteiger partial charge in [-0.05, 0) is 25.0 Å². The van der Waals surface area contributed by atoms with E-state index in [0.717, 1.165) is 35.2 Å². The molecule has 1 aliphatic heterocycles. The van der Waals surface area contributed by atoms with Gasteiger partial charge in [-0.25, -0.2) is 9.97 Å². The standard InChI is InChI=1S/C18H17N5O3S/c24-23(25)16-17(20-10-13-6-3-9-26-13)21-11-22-18(16)27-14-7-1-4-12-5-2-8-19-15(12)14/h1-2,4-5,7-8,11,13H,3,6,9-10H2,(H,20,21,22). The Kier molecular flexibility index (Phi) is 5.12. The molecule has 0 saturated carbocycles. The van der Waals surface area contributed by atoms with Crippen molar-refractivity contribution in [3.8, 4) is 0 Å². The Balaban J connectivity index is 1.65. The van der Waals surface area contributed by atoms with E-state index in [2.05, 4.69) is 20.3 Å². The monoisotopic (exact) mass is 383 g/mol. The first-order valence-electron chi connectivity index (χ1n) is 8.59. The highest BCUT2D eigenvalue weighted by atomic mass is 32.2. The molecule has 1 aromatic carbocycles. The quantitative estimate of drug-likeness (QED) is 0.391. The molecule has 0 bridgehead atoms. The Bertz CT molecular complexity index is 973. The summed E-state index contributed by atoms with van der Waals surface area (Å²) in [6.07, 6.45) is 5.04. The fourth-order valence-electron chi connectivity index (χ4n) is 3.01. The molecule has 1 aliphatic rings. The maximum absolute atomic E-state index is 11.7. The molecule has 1 fully saturated rings. The van der Waals surface area contributed by atoms with Crippen LogP contribution in [0, 0.1) is 10.1 Å². The number of para-hydroxylation sites is 1. The van der Waals surface area contributed by atoms with E-state index in [4.69, 9.17) is 4.74 Å². The van der Waals surface area contributed by atoms with E-state index >= 15 is 0 Å². The number of pyridine rings is 1. The second kappa shape index (κ2) is 7.85. The van der Waals surface area contributed by atoms with Crippen molar-refractivity contribution < 1.29 is 9.66 Å². The van der Waals surface area contributed by atoms with Crippen LogP contribution in [0.2, 0.25) is 0 Å². The van der Waals surface area contributed by atoms with E-state index in [1.807, 2.05) is 30.3 Å². The van der Waals surface area contributed by atoms with Crippen molar-refractivity contribution in [1.82, 2.24) is 15.0 Å². The van der Waals surface area contributed by atoms with Gasteiger partial charge in [0.15, 0.2) is 5.03 Å². The second-order valence-electron chi connectivity index (χ2n) is 6.08. The van der Waals surface area contributed by atoms with Gasteiger partial charge in [-0.15, -0.1) is 0 Å². The molecule has 1 N–H and O–H groups in total. The molecule has 8 nitrogen and oxygen atoms in total. The van der Waals surface area contributed by atoms with Crippen LogP contribution in [0.4, 0.5) is 11.5 Å². The van der Waals surface area contributed by atoms with E-state index in [0.29, 0.717) is 6.54 Å². The number of nitro groups is 1. The van der Waals surface area contributed by atoms with Gasteiger partial charge in [0.1, 0.15) is 6.33 Å². The minimum Gasteiger partial charge on any atom is -0.376 e. The van der Waals surface area contributed by atoms with Crippen LogP contribution in [-0.2, 0) is 4.74 Å². The number of hydrogen-bond donors (Lipinski definition) is 1. The molecule has 0 spiro atoms. The Morgan fingerprint density at radius 2 is 2.15 bits per heavy atom. The molecule has 3 heterocycles. The van der Waals surface area contributed by atoms with Crippen LogP contribution in [0.25, 0.3) is 10.9 Å². The normalized spacial score (nSPS) is 16.5. The Morgan fingerprint density at radius 1 is 1.26 bits per heavy atom. The first kappa shape index (κ1) is 17.6. The molecule has 3 aromatic rings. The number of hydrogen-bond acceptors (Lipinski definition) is 8. The lowest BCUT2D eigenvalue weighted by atomic mass is 10.2. The molecule has 0 radical (unpaired) electrons. The topological polar surface area (TPSA) is 103 Å². The number of fused-ring (bicyclic) bond motifs is 1. The number of nitrogens with zero attached hydrogens (tertiary/aromatic N) is 4. The molecule has 1 unspecified atom stereocenters. The number of anilines is 1. The summed E-state index contributed by atoms with van der Waals surface area (Å²) in [6.45, 7) is 1.21. The molecule has 2 aromatic heterocycles. The summed E-state index contributed by atoms with van der Waals surface area (Å²) >= 11 is 1.22. The van der Waals surface area contributed by atoms with E-state index in [1.165, 1.54) is 18.1 Å². The van der Waals surface area contributed by atoms with Crippen LogP contribution in [0.1, 0.15) is 12.8 Å². The van der Waals surface area contributed by atoms with Crippen molar-refractivity contribution in [2.75, 3.05) is 18.5 Å². The van der Waals surface area contributed by atoms with Gasteiger partial charge in [-0.3, -0.25) is 15.1 Å². The van der Waals surface area contributed by atoms with E-state index in [1.54, 1.807) is 6.20 Å². The summed E-state index contributed by atoms with van der Waals surface area (Å²) in [4.78, 5) is 24.7. The predicted octanol–water partition coefficient (Wildman–Crippen LogP) is 3.68. The second-order valence-corrected chi connectivity index (χ2v) is 7.11. The van der Waals surface area contributed by atoms with Crippen LogP contribution < -0.4 is 5.32 Å². The Hall–Kier alpha value is -2.78. The number of aromatic nitrogens is 3. The lowest BCUT2D eigenvalue weighted by molar-refractivity contribution is -0.387. The van der Waals surface area contributed by atoms with Crippen molar-refractivity contribution >= 4 is 34.2 Å². The molecule has 4 rings (SSSR count). The third kappa shape index (κ3) is 3.83. The molecular weight excluding hydrogens is 366 g/mol. The number of rotatable bonds is 6. The van der Waals surface area contributed by atoms with Crippen LogP contribution in [0.5, 0.6) is 0 Å². The minimum atomic E-state index is -0.446. The van der Waals surface area contributed by atoms with Crippen LogP contribution in [-0.4, -0.2) is 39.1 Å². The lowest BCUT2D eigenvalue weighted by Crippen LogP contribution is -2.19. The van der Waals surface area contributed by atoms with Crippen molar-refractivity contribution in [2.45, 2.75) is 28.9 Å². The van der Waals surface area contributed by atoms with Gasteiger partial charge in [-0.2, -0.15) is 0 Å². The van der Waals surface area contributed by atoms with E-state index in [9.17, 15) is 10.1 Å². The van der Waals surface area contributed by atoms with Crippen LogP contribution in [0.15, 0.2) is 52.8 Å². The van der Waals surface area contributed by atoms with E-state index in [-0.39, 0.29) is 22.6 Å². The van der Waals surface area contributed by atoms with Gasteiger partial charge in [0.05, 0.1) is 16.5 Å². The summed E-state index contributed by atoms with van der Waals surface area (Å²) in [5.74, 6) is 0.209. The summed E-state index contributed by atoms with van der Waals surface area (Å²) < 4.78 is 5.56. The van der Waals surface area contributed by atoms with Crippen molar-refractivity contribution in [3.05, 3.63) is 53.0 Å². The fourth-order valence-corrected chi connectivity index (χ4v) is 4.00. The molecule has 138 valence electrons. The SMILES string of the molecule is O=[N+]([O-])c1c(NCC2CCCO2)ncnc1Sc1cccc2cccnc12. The van der Waals surface area contributed by atoms with E-state index < -0.39 is 4.92 Å². The van der Waals surface area contributed by atoms with Gasteiger partial charge in [-0.1, -0.05) is 30.0 Å².